The second-order valence-corrected chi connectivity index (χ2v) is 4.47. The first kappa shape index (κ1) is 15.0. The van der Waals surface area contributed by atoms with E-state index >= 15 is 0 Å². The summed E-state index contributed by atoms with van der Waals surface area (Å²) in [6.07, 6.45) is 0.371. The maximum atomic E-state index is 11.8. The van der Waals surface area contributed by atoms with Crippen LogP contribution in [0.2, 0.25) is 0 Å². The van der Waals surface area contributed by atoms with E-state index in [-0.39, 0.29) is 0 Å². The summed E-state index contributed by atoms with van der Waals surface area (Å²) in [5, 5.41) is 4.30. The first-order chi connectivity index (χ1) is 10.2. The van der Waals surface area contributed by atoms with Crippen LogP contribution in [0.5, 0.6) is 17.2 Å². The Morgan fingerprint density at radius 1 is 1.10 bits per heavy atom. The molecule has 2 aromatic rings. The normalized spacial score (nSPS) is 10.2. The minimum Gasteiger partial charge on any atom is -0.493 e. The summed E-state index contributed by atoms with van der Waals surface area (Å²) in [5.41, 5.74) is 0. The number of benzene rings is 2. The van der Waals surface area contributed by atoms with E-state index in [1.807, 2.05) is 31.2 Å². The molecule has 0 fully saturated rings. The average molecular weight is 289 g/mol. The monoisotopic (exact) mass is 289 g/mol. The van der Waals surface area contributed by atoms with Crippen LogP contribution in [0, 0.1) is 0 Å². The van der Waals surface area contributed by atoms with E-state index < -0.39 is 6.09 Å². The molecule has 21 heavy (non-hydrogen) atoms. The van der Waals surface area contributed by atoms with Gasteiger partial charge in [-0.25, -0.2) is 4.79 Å². The second-order valence-electron chi connectivity index (χ2n) is 4.47. The van der Waals surface area contributed by atoms with Gasteiger partial charge in [-0.05, 0) is 6.42 Å². The molecule has 0 atom stereocenters. The lowest BCUT2D eigenvalue weighted by molar-refractivity contribution is 0.201. The lowest BCUT2D eigenvalue weighted by Crippen LogP contribution is -2.27. The molecule has 0 aliphatic carbocycles. The third kappa shape index (κ3) is 3.18. The molecular formula is C16H19NO4. The standard InChI is InChI=1S/C16H19NO4/c1-4-9-17-16(18)21-13-10-14(19-2)15(20-3)12-8-6-5-7-11(12)13/h5-8,10H,4,9H2,1-3H3,(H,17,18). The third-order valence-electron chi connectivity index (χ3n) is 3.07. The molecule has 0 radical (unpaired) electrons. The molecule has 112 valence electrons. The van der Waals surface area contributed by atoms with Crippen molar-refractivity contribution in [3.05, 3.63) is 30.3 Å². The molecule has 0 bridgehead atoms. The molecule has 0 saturated heterocycles. The van der Waals surface area contributed by atoms with E-state index in [1.54, 1.807) is 20.3 Å². The Morgan fingerprint density at radius 2 is 1.81 bits per heavy atom. The lowest BCUT2D eigenvalue weighted by Gasteiger charge is -2.14. The Balaban J connectivity index is 2.46. The quantitative estimate of drug-likeness (QED) is 0.917. The van der Waals surface area contributed by atoms with Gasteiger partial charge in [0.05, 0.1) is 14.2 Å². The van der Waals surface area contributed by atoms with Crippen LogP contribution < -0.4 is 19.5 Å². The average Bonchev–Trinajstić information content (AvgIpc) is 2.52. The zero-order chi connectivity index (χ0) is 15.2. The van der Waals surface area contributed by atoms with Crippen LogP contribution in [-0.2, 0) is 0 Å². The van der Waals surface area contributed by atoms with E-state index in [4.69, 9.17) is 14.2 Å². The maximum Gasteiger partial charge on any atom is 0.412 e. The first-order valence-corrected chi connectivity index (χ1v) is 6.80. The molecule has 1 amide bonds. The van der Waals surface area contributed by atoms with Crippen molar-refractivity contribution in [1.29, 1.82) is 0 Å². The van der Waals surface area contributed by atoms with Gasteiger partial charge in [-0.1, -0.05) is 31.2 Å². The second kappa shape index (κ2) is 6.83. The summed E-state index contributed by atoms with van der Waals surface area (Å²) >= 11 is 0. The number of carbonyl (C=O) groups excluding carboxylic acids is 1. The zero-order valence-corrected chi connectivity index (χ0v) is 12.4. The smallest absolute Gasteiger partial charge is 0.412 e. The Bertz CT molecular complexity index is 639. The number of amides is 1. The highest BCUT2D eigenvalue weighted by Gasteiger charge is 2.16. The number of methoxy groups -OCH3 is 2. The molecule has 0 aromatic heterocycles. The van der Waals surface area contributed by atoms with Gasteiger partial charge in [-0.3, -0.25) is 0 Å². The van der Waals surface area contributed by atoms with Gasteiger partial charge in [0.15, 0.2) is 11.5 Å². The van der Waals surface area contributed by atoms with Crippen molar-refractivity contribution in [2.75, 3.05) is 20.8 Å². The Kier molecular flexibility index (Phi) is 4.87. The van der Waals surface area contributed by atoms with Gasteiger partial charge in [-0.2, -0.15) is 0 Å². The molecule has 0 aliphatic rings. The van der Waals surface area contributed by atoms with E-state index in [9.17, 15) is 4.79 Å². The number of hydrogen-bond acceptors (Lipinski definition) is 4. The number of fused-ring (bicyclic) bond motifs is 1. The maximum absolute atomic E-state index is 11.8. The Morgan fingerprint density at radius 3 is 2.43 bits per heavy atom. The number of hydrogen-bond donors (Lipinski definition) is 1. The summed E-state index contributed by atoms with van der Waals surface area (Å²) in [7, 11) is 3.13. The molecule has 0 spiro atoms. The van der Waals surface area contributed by atoms with Crippen LogP contribution in [0.25, 0.3) is 10.8 Å². The fourth-order valence-electron chi connectivity index (χ4n) is 2.10. The van der Waals surface area contributed by atoms with Gasteiger partial charge in [-0.15, -0.1) is 0 Å². The Hall–Kier alpha value is -2.43. The number of rotatable bonds is 5. The van der Waals surface area contributed by atoms with Crippen LogP contribution in [0.1, 0.15) is 13.3 Å². The fraction of sp³-hybridized carbons (Fsp3) is 0.312. The first-order valence-electron chi connectivity index (χ1n) is 6.80. The zero-order valence-electron chi connectivity index (χ0n) is 12.4. The molecule has 5 heteroatoms. The topological polar surface area (TPSA) is 56.8 Å². The summed E-state index contributed by atoms with van der Waals surface area (Å²) in [6, 6.07) is 9.20. The minimum absolute atomic E-state index is 0.442. The molecule has 2 rings (SSSR count). The number of carbonyl (C=O) groups is 1. The summed E-state index contributed by atoms with van der Waals surface area (Å²) in [4.78, 5) is 11.8. The largest absolute Gasteiger partial charge is 0.493 e. The van der Waals surface area contributed by atoms with E-state index in [2.05, 4.69) is 5.32 Å². The highest BCUT2D eigenvalue weighted by Crippen LogP contribution is 2.41. The van der Waals surface area contributed by atoms with Gasteiger partial charge in [0.1, 0.15) is 5.75 Å². The summed E-state index contributed by atoms with van der Waals surface area (Å²) < 4.78 is 16.1. The predicted octanol–water partition coefficient (Wildman–Crippen LogP) is 3.36. The van der Waals surface area contributed by atoms with Gasteiger partial charge in [0.2, 0.25) is 0 Å². The van der Waals surface area contributed by atoms with Gasteiger partial charge in [0, 0.05) is 23.4 Å². The van der Waals surface area contributed by atoms with E-state index in [0.29, 0.717) is 23.8 Å². The van der Waals surface area contributed by atoms with Gasteiger partial charge in [0.25, 0.3) is 0 Å². The van der Waals surface area contributed by atoms with Crippen LogP contribution in [0.15, 0.2) is 30.3 Å². The van der Waals surface area contributed by atoms with Gasteiger partial charge < -0.3 is 19.5 Å². The van der Waals surface area contributed by atoms with E-state index in [1.165, 1.54) is 0 Å². The van der Waals surface area contributed by atoms with Crippen molar-refractivity contribution in [1.82, 2.24) is 5.32 Å². The van der Waals surface area contributed by atoms with Crippen LogP contribution >= 0.6 is 0 Å². The molecule has 1 N–H and O–H groups in total. The predicted molar refractivity (Wildman–Crippen MR) is 81.4 cm³/mol. The van der Waals surface area contributed by atoms with Crippen molar-refractivity contribution >= 4 is 16.9 Å². The van der Waals surface area contributed by atoms with Crippen molar-refractivity contribution in [2.45, 2.75) is 13.3 Å². The molecule has 2 aromatic carbocycles. The molecule has 0 saturated carbocycles. The third-order valence-corrected chi connectivity index (χ3v) is 3.07. The summed E-state index contributed by atoms with van der Waals surface area (Å²) in [5.74, 6) is 1.58. The van der Waals surface area contributed by atoms with Gasteiger partial charge >= 0.3 is 6.09 Å². The fourth-order valence-corrected chi connectivity index (χ4v) is 2.10. The van der Waals surface area contributed by atoms with Crippen molar-refractivity contribution in [3.63, 3.8) is 0 Å². The number of nitrogens with one attached hydrogen (secondary N) is 1. The highest BCUT2D eigenvalue weighted by molar-refractivity contribution is 5.96. The lowest BCUT2D eigenvalue weighted by atomic mass is 10.1. The van der Waals surface area contributed by atoms with E-state index in [0.717, 1.165) is 17.2 Å². The Labute approximate surface area is 123 Å². The summed E-state index contributed by atoms with van der Waals surface area (Å²) in [6.45, 7) is 2.55. The van der Waals surface area contributed by atoms with Crippen LogP contribution in [0.4, 0.5) is 4.79 Å². The van der Waals surface area contributed by atoms with Crippen LogP contribution in [-0.4, -0.2) is 26.9 Å². The van der Waals surface area contributed by atoms with Crippen molar-refractivity contribution < 1.29 is 19.0 Å². The van der Waals surface area contributed by atoms with Crippen molar-refractivity contribution in [3.8, 4) is 17.2 Å². The SMILES string of the molecule is CCCNC(=O)Oc1cc(OC)c(OC)c2ccccc12. The molecule has 0 unspecified atom stereocenters. The highest BCUT2D eigenvalue weighted by atomic mass is 16.6. The number of ether oxygens (including phenoxy) is 3. The van der Waals surface area contributed by atoms with Crippen molar-refractivity contribution in [2.24, 2.45) is 0 Å². The molecule has 0 heterocycles. The molecule has 5 nitrogen and oxygen atoms in total. The minimum atomic E-state index is -0.478. The molecule has 0 aliphatic heterocycles. The molecular weight excluding hydrogens is 270 g/mol. The van der Waals surface area contributed by atoms with Crippen LogP contribution in [0.3, 0.4) is 0 Å².